The highest BCUT2D eigenvalue weighted by molar-refractivity contribution is 5.10. The van der Waals surface area contributed by atoms with E-state index in [-0.39, 0.29) is 0 Å². The van der Waals surface area contributed by atoms with Crippen molar-refractivity contribution in [2.24, 2.45) is 0 Å². The Morgan fingerprint density at radius 1 is 1.15 bits per heavy atom. The first-order valence-corrected chi connectivity index (χ1v) is 7.00. The quantitative estimate of drug-likeness (QED) is 0.837. The smallest absolute Gasteiger partial charge is 0.109 e. The Bertz CT molecular complexity index is 490. The highest BCUT2D eigenvalue weighted by Gasteiger charge is 2.13. The minimum absolute atomic E-state index is 0.534. The predicted octanol–water partition coefficient (Wildman–Crippen LogP) is 2.07. The van der Waals surface area contributed by atoms with Crippen molar-refractivity contribution in [2.45, 2.75) is 19.4 Å². The summed E-state index contributed by atoms with van der Waals surface area (Å²) in [5.41, 5.74) is 2.00. The number of nitrogens with zero attached hydrogens (tertiary/aromatic N) is 3. The average molecular weight is 271 g/mol. The van der Waals surface area contributed by atoms with E-state index in [4.69, 9.17) is 0 Å². The summed E-state index contributed by atoms with van der Waals surface area (Å²) in [5.74, 6) is 0. The molecule has 0 aliphatic heterocycles. The van der Waals surface area contributed by atoms with Crippen LogP contribution in [0.15, 0.2) is 48.9 Å². The van der Waals surface area contributed by atoms with Gasteiger partial charge in [0.05, 0.1) is 5.69 Å². The molecule has 1 unspecified atom stereocenters. The number of hydrogen-bond donors (Lipinski definition) is 1. The number of aliphatic hydroxyl groups excluding tert-OH is 1. The van der Waals surface area contributed by atoms with Crippen molar-refractivity contribution >= 4 is 0 Å². The summed E-state index contributed by atoms with van der Waals surface area (Å²) in [4.78, 5) is 10.5. The fraction of sp³-hybridized carbons (Fsp3) is 0.375. The Balaban J connectivity index is 1.86. The lowest BCUT2D eigenvalue weighted by Crippen LogP contribution is -2.30. The van der Waals surface area contributed by atoms with Crippen LogP contribution in [0, 0.1) is 0 Å². The average Bonchev–Trinajstić information content (AvgIpc) is 2.53. The Morgan fingerprint density at radius 3 is 2.60 bits per heavy atom. The van der Waals surface area contributed by atoms with Gasteiger partial charge in [-0.15, -0.1) is 0 Å². The molecule has 0 spiro atoms. The summed E-state index contributed by atoms with van der Waals surface area (Å²) in [5, 5.41) is 10.2. The molecule has 0 radical (unpaired) electrons. The lowest BCUT2D eigenvalue weighted by atomic mass is 10.1. The van der Waals surface area contributed by atoms with E-state index in [1.54, 1.807) is 6.20 Å². The van der Waals surface area contributed by atoms with Crippen LogP contribution in [0.3, 0.4) is 0 Å². The minimum Gasteiger partial charge on any atom is -0.385 e. The zero-order valence-corrected chi connectivity index (χ0v) is 11.8. The number of pyridine rings is 2. The molecule has 2 aromatic heterocycles. The molecule has 0 aromatic carbocycles. The second-order valence-electron chi connectivity index (χ2n) is 4.77. The third-order valence-electron chi connectivity index (χ3n) is 3.37. The van der Waals surface area contributed by atoms with E-state index < -0.39 is 6.10 Å². The van der Waals surface area contributed by atoms with E-state index in [9.17, 15) is 5.11 Å². The van der Waals surface area contributed by atoms with Crippen LogP contribution in [-0.2, 0) is 6.42 Å². The molecule has 2 aromatic rings. The van der Waals surface area contributed by atoms with Crippen LogP contribution in [0.5, 0.6) is 0 Å². The molecule has 1 N–H and O–H groups in total. The Kier molecular flexibility index (Phi) is 5.65. The van der Waals surface area contributed by atoms with Gasteiger partial charge in [0, 0.05) is 31.7 Å². The first-order chi connectivity index (χ1) is 9.79. The summed E-state index contributed by atoms with van der Waals surface area (Å²) in [6.07, 6.45) is 5.77. The molecule has 4 nitrogen and oxygen atoms in total. The van der Waals surface area contributed by atoms with Crippen LogP contribution >= 0.6 is 0 Å². The number of aromatic nitrogens is 2. The monoisotopic (exact) mass is 271 g/mol. The normalized spacial score (nSPS) is 12.6. The highest BCUT2D eigenvalue weighted by Crippen LogP contribution is 2.11. The molecule has 2 rings (SSSR count). The fourth-order valence-corrected chi connectivity index (χ4v) is 2.13. The van der Waals surface area contributed by atoms with Gasteiger partial charge in [-0.05, 0) is 42.8 Å². The highest BCUT2D eigenvalue weighted by atomic mass is 16.3. The third kappa shape index (κ3) is 4.40. The Morgan fingerprint density at radius 2 is 1.95 bits per heavy atom. The van der Waals surface area contributed by atoms with Gasteiger partial charge in [-0.2, -0.15) is 0 Å². The topological polar surface area (TPSA) is 49.2 Å². The number of likely N-dealkylation sites (N-methyl/N-ethyl adjacent to an activating group) is 1. The van der Waals surface area contributed by atoms with Crippen LogP contribution in [0.1, 0.15) is 24.3 Å². The van der Waals surface area contributed by atoms with E-state index in [1.165, 1.54) is 5.56 Å². The maximum atomic E-state index is 10.2. The molecule has 20 heavy (non-hydrogen) atoms. The standard InChI is InChI=1S/C16H21N3O/c1-2-19(12-8-14-6-10-17-11-7-14)13-16(20)15-5-3-4-9-18-15/h3-7,9-11,16,20H,2,8,12-13H2,1H3. The zero-order chi connectivity index (χ0) is 14.2. The summed E-state index contributed by atoms with van der Waals surface area (Å²) >= 11 is 0. The first-order valence-electron chi connectivity index (χ1n) is 7.00. The van der Waals surface area contributed by atoms with Crippen molar-refractivity contribution in [3.05, 3.63) is 60.2 Å². The number of rotatable bonds is 7. The van der Waals surface area contributed by atoms with Gasteiger partial charge < -0.3 is 10.0 Å². The van der Waals surface area contributed by atoms with Crippen LogP contribution in [0.2, 0.25) is 0 Å². The van der Waals surface area contributed by atoms with E-state index in [0.717, 1.165) is 25.2 Å². The molecule has 0 amide bonds. The molecule has 0 saturated carbocycles. The van der Waals surface area contributed by atoms with E-state index in [0.29, 0.717) is 6.54 Å². The predicted molar refractivity (Wildman–Crippen MR) is 79.3 cm³/mol. The molecular formula is C16H21N3O. The molecule has 1 atom stereocenters. The van der Waals surface area contributed by atoms with Gasteiger partial charge in [-0.1, -0.05) is 13.0 Å². The van der Waals surface area contributed by atoms with Crippen LogP contribution in [-0.4, -0.2) is 39.6 Å². The summed E-state index contributed by atoms with van der Waals surface area (Å²) in [6, 6.07) is 9.68. The van der Waals surface area contributed by atoms with Gasteiger partial charge in [-0.25, -0.2) is 0 Å². The summed E-state index contributed by atoms with van der Waals surface area (Å²) < 4.78 is 0. The van der Waals surface area contributed by atoms with E-state index >= 15 is 0 Å². The van der Waals surface area contributed by atoms with Crippen molar-refractivity contribution in [1.82, 2.24) is 14.9 Å². The van der Waals surface area contributed by atoms with Crippen LogP contribution < -0.4 is 0 Å². The second-order valence-corrected chi connectivity index (χ2v) is 4.77. The van der Waals surface area contributed by atoms with Gasteiger partial charge in [0.15, 0.2) is 0 Å². The first kappa shape index (κ1) is 14.6. The molecule has 4 heteroatoms. The van der Waals surface area contributed by atoms with Crippen molar-refractivity contribution in [1.29, 1.82) is 0 Å². The van der Waals surface area contributed by atoms with E-state index in [2.05, 4.69) is 21.8 Å². The Hall–Kier alpha value is -1.78. The molecule has 0 aliphatic rings. The second kappa shape index (κ2) is 7.72. The number of aliphatic hydroxyl groups is 1. The van der Waals surface area contributed by atoms with Crippen LogP contribution in [0.4, 0.5) is 0 Å². The fourth-order valence-electron chi connectivity index (χ4n) is 2.13. The van der Waals surface area contributed by atoms with Gasteiger partial charge in [0.2, 0.25) is 0 Å². The van der Waals surface area contributed by atoms with Crippen molar-refractivity contribution in [3.63, 3.8) is 0 Å². The summed E-state index contributed by atoms with van der Waals surface area (Å²) in [7, 11) is 0. The largest absolute Gasteiger partial charge is 0.385 e. The van der Waals surface area contributed by atoms with Crippen molar-refractivity contribution < 1.29 is 5.11 Å². The third-order valence-corrected chi connectivity index (χ3v) is 3.37. The molecule has 0 saturated heterocycles. The van der Waals surface area contributed by atoms with Crippen molar-refractivity contribution in [3.8, 4) is 0 Å². The maximum absolute atomic E-state index is 10.2. The SMILES string of the molecule is CCN(CCc1ccncc1)CC(O)c1ccccn1. The summed E-state index contributed by atoms with van der Waals surface area (Å²) in [6.45, 7) is 4.55. The van der Waals surface area contributed by atoms with Gasteiger partial charge in [0.1, 0.15) is 6.10 Å². The van der Waals surface area contributed by atoms with Gasteiger partial charge >= 0.3 is 0 Å². The van der Waals surface area contributed by atoms with Crippen LogP contribution in [0.25, 0.3) is 0 Å². The van der Waals surface area contributed by atoms with Crippen molar-refractivity contribution in [2.75, 3.05) is 19.6 Å². The van der Waals surface area contributed by atoms with Gasteiger partial charge in [-0.3, -0.25) is 9.97 Å². The minimum atomic E-state index is -0.534. The molecule has 0 bridgehead atoms. The molecule has 2 heterocycles. The molecule has 0 fully saturated rings. The molecule has 106 valence electrons. The Labute approximate surface area is 120 Å². The number of hydrogen-bond acceptors (Lipinski definition) is 4. The maximum Gasteiger partial charge on any atom is 0.109 e. The molecule has 0 aliphatic carbocycles. The van der Waals surface area contributed by atoms with Gasteiger partial charge in [0.25, 0.3) is 0 Å². The van der Waals surface area contributed by atoms with E-state index in [1.807, 2.05) is 42.7 Å². The lowest BCUT2D eigenvalue weighted by molar-refractivity contribution is 0.113. The lowest BCUT2D eigenvalue weighted by Gasteiger charge is -2.23. The molecular weight excluding hydrogens is 250 g/mol. The zero-order valence-electron chi connectivity index (χ0n) is 11.8.